The van der Waals surface area contributed by atoms with Crippen molar-refractivity contribution in [2.75, 3.05) is 6.54 Å². The summed E-state index contributed by atoms with van der Waals surface area (Å²) in [5.41, 5.74) is 4.56. The first-order chi connectivity index (χ1) is 6.08. The Morgan fingerprint density at radius 3 is 2.92 bits per heavy atom. The zero-order chi connectivity index (χ0) is 9.64. The fraction of sp³-hybridized carbons (Fsp3) is 0.750. The highest BCUT2D eigenvalue weighted by molar-refractivity contribution is 5.94. The zero-order valence-electron chi connectivity index (χ0n) is 7.19. The molecule has 5 heteroatoms. The normalized spacial score (nSPS) is 38.1. The molecule has 0 radical (unpaired) electrons. The van der Waals surface area contributed by atoms with E-state index >= 15 is 0 Å². The Balaban J connectivity index is 2.37. The lowest BCUT2D eigenvalue weighted by atomic mass is 9.93. The molecule has 0 spiro atoms. The summed E-state index contributed by atoms with van der Waals surface area (Å²) in [6.07, 6.45) is 1.58. The molecule has 0 aromatic heterocycles. The monoisotopic (exact) mass is 184 g/mol. The minimum absolute atomic E-state index is 0.208. The molecular formula is C8H12N2O3. The van der Waals surface area contributed by atoms with Gasteiger partial charge >= 0.3 is 5.97 Å². The third kappa shape index (κ3) is 0.904. The Morgan fingerprint density at radius 2 is 2.38 bits per heavy atom. The first-order valence-electron chi connectivity index (χ1n) is 4.38. The molecule has 0 aromatic carbocycles. The number of hydrogen-bond donors (Lipinski definition) is 2. The number of carboxylic acid groups (broad SMARTS) is 1. The number of aliphatic carboxylic acids is 1. The molecule has 1 amide bonds. The molecular weight excluding hydrogens is 172 g/mol. The van der Waals surface area contributed by atoms with Gasteiger partial charge in [-0.25, -0.2) is 4.79 Å². The van der Waals surface area contributed by atoms with Crippen LogP contribution in [0.3, 0.4) is 0 Å². The molecule has 13 heavy (non-hydrogen) atoms. The van der Waals surface area contributed by atoms with Crippen molar-refractivity contribution in [3.8, 4) is 0 Å². The fourth-order valence-corrected chi connectivity index (χ4v) is 2.37. The second-order valence-corrected chi connectivity index (χ2v) is 3.74. The highest BCUT2D eigenvalue weighted by atomic mass is 16.4. The second-order valence-electron chi connectivity index (χ2n) is 3.74. The topological polar surface area (TPSA) is 83.6 Å². The summed E-state index contributed by atoms with van der Waals surface area (Å²) in [4.78, 5) is 23.9. The largest absolute Gasteiger partial charge is 0.479 e. The summed E-state index contributed by atoms with van der Waals surface area (Å²) >= 11 is 0. The molecule has 0 bridgehead atoms. The van der Waals surface area contributed by atoms with Gasteiger partial charge in [0.1, 0.15) is 5.54 Å². The number of carbonyl (C=O) groups excluding carboxylic acids is 1. The highest BCUT2D eigenvalue weighted by Gasteiger charge is 2.57. The second kappa shape index (κ2) is 2.45. The van der Waals surface area contributed by atoms with Crippen molar-refractivity contribution in [3.05, 3.63) is 0 Å². The number of carbonyl (C=O) groups is 2. The lowest BCUT2D eigenvalue weighted by Gasteiger charge is -2.26. The van der Waals surface area contributed by atoms with E-state index in [4.69, 9.17) is 10.8 Å². The number of rotatable bonds is 1. The third-order valence-electron chi connectivity index (χ3n) is 3.03. The van der Waals surface area contributed by atoms with Gasteiger partial charge in [-0.15, -0.1) is 0 Å². The van der Waals surface area contributed by atoms with E-state index in [1.165, 1.54) is 4.90 Å². The first-order valence-corrected chi connectivity index (χ1v) is 4.38. The summed E-state index contributed by atoms with van der Waals surface area (Å²) in [7, 11) is 0. The number of amides is 1. The van der Waals surface area contributed by atoms with E-state index in [0.29, 0.717) is 13.0 Å². The van der Waals surface area contributed by atoms with Gasteiger partial charge in [0.2, 0.25) is 5.91 Å². The fourth-order valence-electron chi connectivity index (χ4n) is 2.37. The number of nitrogens with two attached hydrogens (primary N) is 1. The van der Waals surface area contributed by atoms with Crippen LogP contribution >= 0.6 is 0 Å². The van der Waals surface area contributed by atoms with Crippen molar-refractivity contribution < 1.29 is 14.7 Å². The minimum atomic E-state index is -0.976. The van der Waals surface area contributed by atoms with Crippen molar-refractivity contribution in [2.24, 2.45) is 5.73 Å². The molecule has 2 fully saturated rings. The van der Waals surface area contributed by atoms with Gasteiger partial charge < -0.3 is 15.7 Å². The van der Waals surface area contributed by atoms with E-state index in [1.54, 1.807) is 0 Å². The molecule has 0 saturated carbocycles. The maximum absolute atomic E-state index is 11.4. The number of nitrogens with zero attached hydrogens (tertiary/aromatic N) is 1. The molecule has 0 aromatic rings. The Labute approximate surface area is 75.5 Å². The lowest BCUT2D eigenvalue weighted by Crippen LogP contribution is -2.47. The van der Waals surface area contributed by atoms with Gasteiger partial charge in [0.05, 0.1) is 6.04 Å². The summed E-state index contributed by atoms with van der Waals surface area (Å²) in [6, 6.07) is -0.614. The van der Waals surface area contributed by atoms with Crippen LogP contribution in [0.1, 0.15) is 19.3 Å². The van der Waals surface area contributed by atoms with Crippen LogP contribution in [0.25, 0.3) is 0 Å². The smallest absolute Gasteiger partial charge is 0.329 e. The van der Waals surface area contributed by atoms with Crippen LogP contribution in [0.2, 0.25) is 0 Å². The minimum Gasteiger partial charge on any atom is -0.479 e. The average molecular weight is 184 g/mol. The van der Waals surface area contributed by atoms with Gasteiger partial charge in [-0.3, -0.25) is 4.79 Å². The lowest BCUT2D eigenvalue weighted by molar-refractivity contribution is -0.151. The predicted octanol–water partition coefficient (Wildman–Crippen LogP) is -0.837. The van der Waals surface area contributed by atoms with E-state index in [1.807, 2.05) is 0 Å². The average Bonchev–Trinajstić information content (AvgIpc) is 2.55. The Morgan fingerprint density at radius 1 is 1.69 bits per heavy atom. The van der Waals surface area contributed by atoms with Crippen LogP contribution < -0.4 is 5.73 Å². The van der Waals surface area contributed by atoms with Crippen LogP contribution in [-0.4, -0.2) is 40.0 Å². The van der Waals surface area contributed by atoms with Crippen molar-refractivity contribution in [3.63, 3.8) is 0 Å². The Hall–Kier alpha value is -1.10. The summed E-state index contributed by atoms with van der Waals surface area (Å²) in [6.45, 7) is 0.541. The van der Waals surface area contributed by atoms with Gasteiger partial charge in [0.25, 0.3) is 0 Å². The molecule has 2 atom stereocenters. The van der Waals surface area contributed by atoms with Crippen LogP contribution in [0, 0.1) is 0 Å². The van der Waals surface area contributed by atoms with E-state index in [0.717, 1.165) is 6.42 Å². The van der Waals surface area contributed by atoms with Crippen LogP contribution in [-0.2, 0) is 9.59 Å². The van der Waals surface area contributed by atoms with E-state index < -0.39 is 17.6 Å². The molecule has 2 rings (SSSR count). The third-order valence-corrected chi connectivity index (χ3v) is 3.03. The molecule has 3 N–H and O–H groups in total. The molecule has 2 saturated heterocycles. The number of hydrogen-bond acceptors (Lipinski definition) is 3. The van der Waals surface area contributed by atoms with Crippen molar-refractivity contribution in [2.45, 2.75) is 30.8 Å². The quantitative estimate of drug-likeness (QED) is 0.556. The van der Waals surface area contributed by atoms with Gasteiger partial charge in [-0.05, 0) is 12.8 Å². The number of fused-ring (bicyclic) bond motifs is 1. The predicted molar refractivity (Wildman–Crippen MR) is 43.9 cm³/mol. The molecule has 0 aliphatic carbocycles. The van der Waals surface area contributed by atoms with E-state index in [2.05, 4.69) is 0 Å². The van der Waals surface area contributed by atoms with Crippen LogP contribution in [0.5, 0.6) is 0 Å². The maximum Gasteiger partial charge on any atom is 0.329 e. The van der Waals surface area contributed by atoms with Gasteiger partial charge in [0, 0.05) is 13.0 Å². The van der Waals surface area contributed by atoms with Crippen molar-refractivity contribution in [1.29, 1.82) is 0 Å². The van der Waals surface area contributed by atoms with Gasteiger partial charge in [0.15, 0.2) is 0 Å². The zero-order valence-corrected chi connectivity index (χ0v) is 7.19. The SMILES string of the molecule is N[C@H]1C[C@]2(C(=O)O)CCCN2C1=O. The Kier molecular flexibility index (Phi) is 1.60. The molecule has 72 valence electrons. The maximum atomic E-state index is 11.4. The van der Waals surface area contributed by atoms with Crippen LogP contribution in [0.15, 0.2) is 0 Å². The molecule has 2 heterocycles. The van der Waals surface area contributed by atoms with E-state index in [9.17, 15) is 9.59 Å². The van der Waals surface area contributed by atoms with E-state index in [-0.39, 0.29) is 12.3 Å². The molecule has 5 nitrogen and oxygen atoms in total. The van der Waals surface area contributed by atoms with Crippen LogP contribution in [0.4, 0.5) is 0 Å². The Bertz CT molecular complexity index is 279. The molecule has 2 aliphatic heterocycles. The number of carboxylic acids is 1. The van der Waals surface area contributed by atoms with Crippen molar-refractivity contribution in [1.82, 2.24) is 4.90 Å². The summed E-state index contributed by atoms with van der Waals surface area (Å²) < 4.78 is 0. The molecule has 0 unspecified atom stereocenters. The van der Waals surface area contributed by atoms with Gasteiger partial charge in [-0.2, -0.15) is 0 Å². The highest BCUT2D eigenvalue weighted by Crippen LogP contribution is 2.39. The molecule has 2 aliphatic rings. The van der Waals surface area contributed by atoms with Crippen molar-refractivity contribution >= 4 is 11.9 Å². The summed E-state index contributed by atoms with van der Waals surface area (Å²) in [5, 5.41) is 9.06. The van der Waals surface area contributed by atoms with Gasteiger partial charge in [-0.1, -0.05) is 0 Å². The standard InChI is InChI=1S/C8H12N2O3/c9-5-4-8(7(12)13)2-1-3-10(8)6(5)11/h5H,1-4,9H2,(H,12,13)/t5-,8-/m0/s1. The summed E-state index contributed by atoms with van der Waals surface area (Å²) in [5.74, 6) is -1.12. The first kappa shape index (κ1) is 8.50.